The maximum atomic E-state index is 12.5. The zero-order valence-corrected chi connectivity index (χ0v) is 25.3. The van der Waals surface area contributed by atoms with Gasteiger partial charge in [-0.05, 0) is 42.3 Å². The zero-order chi connectivity index (χ0) is 31.9. The van der Waals surface area contributed by atoms with Crippen molar-refractivity contribution >= 4 is 28.9 Å². The minimum absolute atomic E-state index is 0.0411. The van der Waals surface area contributed by atoms with Gasteiger partial charge in [0, 0.05) is 75.1 Å². The van der Waals surface area contributed by atoms with Gasteiger partial charge in [-0.15, -0.1) is 0 Å². The molecule has 0 bridgehead atoms. The number of ether oxygens (including phenoxy) is 3. The summed E-state index contributed by atoms with van der Waals surface area (Å²) in [7, 11) is 0. The molecule has 12 nitrogen and oxygen atoms in total. The summed E-state index contributed by atoms with van der Waals surface area (Å²) in [5.74, 6) is -0.979. The van der Waals surface area contributed by atoms with Crippen molar-refractivity contribution in [3.63, 3.8) is 0 Å². The molecule has 0 radical (unpaired) electrons. The third-order valence-corrected chi connectivity index (χ3v) is 8.01. The van der Waals surface area contributed by atoms with Crippen molar-refractivity contribution in [2.75, 3.05) is 42.9 Å². The molecule has 45 heavy (non-hydrogen) atoms. The summed E-state index contributed by atoms with van der Waals surface area (Å²) in [5.41, 5.74) is 4.09. The fourth-order valence-electron chi connectivity index (χ4n) is 5.60. The lowest BCUT2D eigenvalue weighted by Gasteiger charge is -2.41. The van der Waals surface area contributed by atoms with Gasteiger partial charge in [-0.25, -0.2) is 0 Å². The van der Waals surface area contributed by atoms with Crippen LogP contribution in [0.1, 0.15) is 49.4 Å². The van der Waals surface area contributed by atoms with Crippen LogP contribution in [0.5, 0.6) is 0 Å². The monoisotopic (exact) mass is 618 g/mol. The molecule has 3 aromatic rings. The molecule has 0 unspecified atom stereocenters. The molecule has 2 aliphatic heterocycles. The Morgan fingerprint density at radius 2 is 1.73 bits per heavy atom. The Hall–Kier alpha value is -4.36. The maximum Gasteiger partial charge on any atom is 0.303 e. The molecule has 2 heterocycles. The van der Waals surface area contributed by atoms with Gasteiger partial charge in [-0.1, -0.05) is 36.4 Å². The standard InChI is InChI=1S/C33H38N4O8/c1-22(43-23(2)39)32(40)34-27-5-3-4-26(18-27)33-44-30(19-31(45-33)25-8-6-24(21-38)7-9-25)20-35-14-16-36(17-15-35)28-10-12-29(13-11-28)37(41)42/h3-13,18,22,30-31,33,38H,14-17,19-21H2,1-2H3,(H,34,40)/t22-,30-,31+,33+/m0/s1. The summed E-state index contributed by atoms with van der Waals surface area (Å²) < 4.78 is 18.0. The lowest BCUT2D eigenvalue weighted by Crippen LogP contribution is -2.49. The van der Waals surface area contributed by atoms with E-state index in [1.807, 2.05) is 30.3 Å². The van der Waals surface area contributed by atoms with Crippen LogP contribution in [-0.2, 0) is 30.4 Å². The highest BCUT2D eigenvalue weighted by atomic mass is 16.7. The first kappa shape index (κ1) is 32.0. The van der Waals surface area contributed by atoms with Gasteiger partial charge in [0.25, 0.3) is 11.6 Å². The molecule has 5 rings (SSSR count). The number of hydrogen-bond acceptors (Lipinski definition) is 10. The largest absolute Gasteiger partial charge is 0.453 e. The quantitative estimate of drug-likeness (QED) is 0.191. The van der Waals surface area contributed by atoms with Gasteiger partial charge in [-0.2, -0.15) is 0 Å². The van der Waals surface area contributed by atoms with E-state index in [-0.39, 0.29) is 24.5 Å². The summed E-state index contributed by atoms with van der Waals surface area (Å²) in [6, 6.07) is 21.6. The van der Waals surface area contributed by atoms with Gasteiger partial charge in [0.1, 0.15) is 0 Å². The van der Waals surface area contributed by atoms with Crippen LogP contribution in [0.4, 0.5) is 17.1 Å². The number of nitrogens with one attached hydrogen (secondary N) is 1. The number of carbonyl (C=O) groups is 2. The number of nitrogens with zero attached hydrogens (tertiary/aromatic N) is 3. The number of nitro groups is 1. The van der Waals surface area contributed by atoms with Crippen molar-refractivity contribution in [3.05, 3.63) is 99.6 Å². The summed E-state index contributed by atoms with van der Waals surface area (Å²) in [6.07, 6.45) is -1.42. The first-order valence-electron chi connectivity index (χ1n) is 15.0. The summed E-state index contributed by atoms with van der Waals surface area (Å²) >= 11 is 0. The van der Waals surface area contributed by atoms with E-state index < -0.39 is 29.2 Å². The van der Waals surface area contributed by atoms with Crippen LogP contribution in [0.25, 0.3) is 0 Å². The molecule has 12 heteroatoms. The molecule has 0 aromatic heterocycles. The van der Waals surface area contributed by atoms with Crippen LogP contribution >= 0.6 is 0 Å². The molecule has 0 saturated carbocycles. The van der Waals surface area contributed by atoms with Crippen LogP contribution in [-0.4, -0.2) is 71.7 Å². The number of nitro benzene ring substituents is 1. The number of aliphatic hydroxyl groups is 1. The van der Waals surface area contributed by atoms with E-state index >= 15 is 0 Å². The summed E-state index contributed by atoms with van der Waals surface area (Å²) in [4.78, 5) is 39.0. The normalized spacial score (nSPS) is 21.1. The van der Waals surface area contributed by atoms with E-state index in [1.54, 1.807) is 30.3 Å². The molecule has 3 aromatic carbocycles. The highest BCUT2D eigenvalue weighted by Gasteiger charge is 2.34. The average molecular weight is 619 g/mol. The Morgan fingerprint density at radius 1 is 1.02 bits per heavy atom. The van der Waals surface area contributed by atoms with Gasteiger partial charge in [0.15, 0.2) is 12.4 Å². The SMILES string of the molecule is CC(=O)O[C@@H](C)C(=O)Nc1cccc([C@@H]2O[C@H](CN3CCN(c4ccc([N+](=O)[O-])cc4)CC3)C[C@H](c3ccc(CO)cc3)O2)c1. The van der Waals surface area contributed by atoms with Gasteiger partial charge in [-0.3, -0.25) is 24.6 Å². The molecular weight excluding hydrogens is 580 g/mol. The topological polar surface area (TPSA) is 144 Å². The van der Waals surface area contributed by atoms with Gasteiger partial charge >= 0.3 is 5.97 Å². The molecule has 2 aliphatic rings. The van der Waals surface area contributed by atoms with Crippen molar-refractivity contribution in [1.82, 2.24) is 4.90 Å². The second kappa shape index (κ2) is 14.6. The van der Waals surface area contributed by atoms with Crippen LogP contribution in [0.2, 0.25) is 0 Å². The number of hydrogen-bond donors (Lipinski definition) is 2. The van der Waals surface area contributed by atoms with Crippen LogP contribution in [0.3, 0.4) is 0 Å². The number of non-ortho nitro benzene ring substituents is 1. The number of esters is 1. The molecule has 1 amide bonds. The molecule has 4 atom stereocenters. The zero-order valence-electron chi connectivity index (χ0n) is 25.3. The average Bonchev–Trinajstić information content (AvgIpc) is 3.05. The van der Waals surface area contributed by atoms with E-state index in [1.165, 1.54) is 26.0 Å². The van der Waals surface area contributed by atoms with Gasteiger partial charge in [0.2, 0.25) is 0 Å². The molecule has 238 valence electrons. The number of aliphatic hydroxyl groups excluding tert-OH is 1. The van der Waals surface area contributed by atoms with Crippen molar-refractivity contribution in [2.45, 2.75) is 51.5 Å². The van der Waals surface area contributed by atoms with Crippen molar-refractivity contribution in [3.8, 4) is 0 Å². The number of piperazine rings is 1. The number of anilines is 2. The van der Waals surface area contributed by atoms with Crippen molar-refractivity contribution < 1.29 is 33.8 Å². The van der Waals surface area contributed by atoms with Crippen LogP contribution in [0, 0.1) is 10.1 Å². The predicted octanol–water partition coefficient (Wildman–Crippen LogP) is 4.34. The minimum atomic E-state index is -0.940. The number of benzene rings is 3. The molecule has 0 aliphatic carbocycles. The number of carbonyl (C=O) groups excluding carboxylic acids is 2. The Kier molecular flexibility index (Phi) is 10.4. The predicted molar refractivity (Wildman–Crippen MR) is 166 cm³/mol. The first-order valence-corrected chi connectivity index (χ1v) is 15.0. The van der Waals surface area contributed by atoms with Gasteiger partial charge < -0.3 is 29.5 Å². The van der Waals surface area contributed by atoms with E-state index in [9.17, 15) is 24.8 Å². The molecule has 0 spiro atoms. The maximum absolute atomic E-state index is 12.5. The Labute approximate surface area is 261 Å². The van der Waals surface area contributed by atoms with Crippen molar-refractivity contribution in [2.24, 2.45) is 0 Å². The molecule has 2 saturated heterocycles. The number of amides is 1. The lowest BCUT2D eigenvalue weighted by atomic mass is 9.99. The Bertz CT molecular complexity index is 1470. The highest BCUT2D eigenvalue weighted by molar-refractivity contribution is 5.95. The Morgan fingerprint density at radius 3 is 2.38 bits per heavy atom. The lowest BCUT2D eigenvalue weighted by molar-refractivity contribution is -0.384. The van der Waals surface area contributed by atoms with Gasteiger partial charge in [0.05, 0.1) is 23.7 Å². The fraction of sp³-hybridized carbons (Fsp3) is 0.394. The molecular formula is C33H38N4O8. The molecule has 2 fully saturated rings. The fourth-order valence-corrected chi connectivity index (χ4v) is 5.60. The van der Waals surface area contributed by atoms with E-state index in [0.717, 1.165) is 48.6 Å². The smallest absolute Gasteiger partial charge is 0.303 e. The first-order chi connectivity index (χ1) is 21.7. The minimum Gasteiger partial charge on any atom is -0.453 e. The second-order valence-electron chi connectivity index (χ2n) is 11.3. The Balaban J connectivity index is 1.27. The highest BCUT2D eigenvalue weighted by Crippen LogP contribution is 2.39. The van der Waals surface area contributed by atoms with Crippen LogP contribution < -0.4 is 10.2 Å². The summed E-state index contributed by atoms with van der Waals surface area (Å²) in [6.45, 7) is 6.59. The number of rotatable bonds is 10. The van der Waals surface area contributed by atoms with E-state index in [4.69, 9.17) is 14.2 Å². The third kappa shape index (κ3) is 8.43. The molecule has 2 N–H and O–H groups in total. The van der Waals surface area contributed by atoms with Crippen molar-refractivity contribution in [1.29, 1.82) is 0 Å². The van der Waals surface area contributed by atoms with E-state index in [2.05, 4.69) is 15.1 Å². The summed E-state index contributed by atoms with van der Waals surface area (Å²) in [5, 5.41) is 23.3. The van der Waals surface area contributed by atoms with E-state index in [0.29, 0.717) is 18.7 Å². The van der Waals surface area contributed by atoms with Crippen LogP contribution in [0.15, 0.2) is 72.8 Å². The second-order valence-corrected chi connectivity index (χ2v) is 11.3. The third-order valence-electron chi connectivity index (χ3n) is 8.01.